The van der Waals surface area contributed by atoms with Gasteiger partial charge >= 0.3 is 6.03 Å². The molecule has 24 heavy (non-hydrogen) atoms. The molecule has 1 aliphatic heterocycles. The zero-order valence-corrected chi connectivity index (χ0v) is 15.4. The summed E-state index contributed by atoms with van der Waals surface area (Å²) in [6, 6.07) is 0.547. The number of morpholine rings is 1. The van der Waals surface area contributed by atoms with Gasteiger partial charge < -0.3 is 19.9 Å². The van der Waals surface area contributed by atoms with Crippen molar-refractivity contribution in [3.63, 3.8) is 0 Å². The molecule has 1 aromatic heterocycles. The Morgan fingerprint density at radius 1 is 1.42 bits per heavy atom. The zero-order chi connectivity index (χ0) is 17.7. The second-order valence-corrected chi connectivity index (χ2v) is 6.77. The molecular formula is C17H30N4O3. The number of carbonyl (C=O) groups excluding carboxylic acids is 1. The van der Waals surface area contributed by atoms with Gasteiger partial charge in [0.2, 0.25) is 0 Å². The topological polar surface area (TPSA) is 79.6 Å². The summed E-state index contributed by atoms with van der Waals surface area (Å²) < 4.78 is 10.6. The van der Waals surface area contributed by atoms with Gasteiger partial charge in [0.1, 0.15) is 5.76 Å². The smallest absolute Gasteiger partial charge is 0.315 e. The Kier molecular flexibility index (Phi) is 6.62. The van der Waals surface area contributed by atoms with Crippen LogP contribution in [0.1, 0.15) is 37.8 Å². The monoisotopic (exact) mass is 338 g/mol. The maximum absolute atomic E-state index is 12.1. The third-order valence-electron chi connectivity index (χ3n) is 4.61. The average Bonchev–Trinajstić information content (AvgIpc) is 2.85. The number of nitrogens with zero attached hydrogens (tertiary/aromatic N) is 2. The van der Waals surface area contributed by atoms with Crippen molar-refractivity contribution in [3.8, 4) is 0 Å². The highest BCUT2D eigenvalue weighted by Crippen LogP contribution is 2.14. The van der Waals surface area contributed by atoms with E-state index in [1.165, 1.54) is 0 Å². The first-order chi connectivity index (χ1) is 11.4. The zero-order valence-electron chi connectivity index (χ0n) is 15.4. The van der Waals surface area contributed by atoms with E-state index in [9.17, 15) is 4.79 Å². The van der Waals surface area contributed by atoms with Gasteiger partial charge in [-0.3, -0.25) is 4.90 Å². The largest absolute Gasteiger partial charge is 0.379 e. The van der Waals surface area contributed by atoms with E-state index in [1.807, 2.05) is 20.8 Å². The van der Waals surface area contributed by atoms with Crippen molar-refractivity contribution in [2.24, 2.45) is 0 Å². The Morgan fingerprint density at radius 2 is 2.17 bits per heavy atom. The van der Waals surface area contributed by atoms with Gasteiger partial charge in [-0.15, -0.1) is 0 Å². The molecule has 136 valence electrons. The summed E-state index contributed by atoms with van der Waals surface area (Å²) in [5.74, 6) is 0.816. The summed E-state index contributed by atoms with van der Waals surface area (Å²) in [4.78, 5) is 14.5. The summed E-state index contributed by atoms with van der Waals surface area (Å²) >= 11 is 0. The van der Waals surface area contributed by atoms with Crippen LogP contribution in [0.3, 0.4) is 0 Å². The van der Waals surface area contributed by atoms with Crippen LogP contribution in [0.25, 0.3) is 0 Å². The van der Waals surface area contributed by atoms with Crippen LogP contribution >= 0.6 is 0 Å². The van der Waals surface area contributed by atoms with Gasteiger partial charge in [0.25, 0.3) is 0 Å². The highest BCUT2D eigenvalue weighted by atomic mass is 16.5. The maximum Gasteiger partial charge on any atom is 0.315 e. The molecule has 0 aromatic carbocycles. The lowest BCUT2D eigenvalue weighted by molar-refractivity contribution is -0.0176. The van der Waals surface area contributed by atoms with Crippen LogP contribution in [0, 0.1) is 13.8 Å². The number of aromatic nitrogens is 1. The van der Waals surface area contributed by atoms with E-state index in [-0.39, 0.29) is 18.1 Å². The van der Waals surface area contributed by atoms with Crippen LogP contribution in [0.2, 0.25) is 0 Å². The quantitative estimate of drug-likeness (QED) is 0.824. The number of nitrogens with one attached hydrogen (secondary N) is 2. The van der Waals surface area contributed by atoms with Crippen molar-refractivity contribution < 1.29 is 14.1 Å². The van der Waals surface area contributed by atoms with Crippen LogP contribution in [0.4, 0.5) is 4.79 Å². The summed E-state index contributed by atoms with van der Waals surface area (Å²) in [7, 11) is 0. The molecular weight excluding hydrogens is 308 g/mol. The van der Waals surface area contributed by atoms with Gasteiger partial charge in [-0.25, -0.2) is 4.79 Å². The molecule has 2 amide bonds. The second kappa shape index (κ2) is 8.48. The van der Waals surface area contributed by atoms with E-state index < -0.39 is 0 Å². The highest BCUT2D eigenvalue weighted by molar-refractivity contribution is 5.74. The molecule has 0 bridgehead atoms. The minimum Gasteiger partial charge on any atom is -0.379 e. The first-order valence-corrected chi connectivity index (χ1v) is 8.68. The fourth-order valence-corrected chi connectivity index (χ4v) is 3.18. The predicted molar refractivity (Wildman–Crippen MR) is 92.1 cm³/mol. The number of carbonyl (C=O) groups is 1. The number of amides is 2. The van der Waals surface area contributed by atoms with E-state index in [1.54, 1.807) is 0 Å². The molecule has 2 N–H and O–H groups in total. The first-order valence-electron chi connectivity index (χ1n) is 8.68. The third-order valence-corrected chi connectivity index (χ3v) is 4.61. The van der Waals surface area contributed by atoms with Gasteiger partial charge in [-0.05, 0) is 41.0 Å². The van der Waals surface area contributed by atoms with Crippen LogP contribution < -0.4 is 10.6 Å². The Labute approximate surface area is 144 Å². The third kappa shape index (κ3) is 4.95. The molecule has 7 nitrogen and oxygen atoms in total. The van der Waals surface area contributed by atoms with Crippen molar-refractivity contribution in [1.82, 2.24) is 20.7 Å². The Balaban J connectivity index is 1.74. The van der Waals surface area contributed by atoms with Gasteiger partial charge in [0, 0.05) is 36.8 Å². The molecule has 0 saturated carbocycles. The molecule has 1 aromatic rings. The average molecular weight is 338 g/mol. The molecule has 7 heteroatoms. The minimum absolute atomic E-state index is 0.0133. The molecule has 3 atom stereocenters. The second-order valence-electron chi connectivity index (χ2n) is 6.77. The van der Waals surface area contributed by atoms with Crippen molar-refractivity contribution in [1.29, 1.82) is 0 Å². The van der Waals surface area contributed by atoms with E-state index in [2.05, 4.69) is 34.5 Å². The number of ether oxygens (including phenoxy) is 1. The van der Waals surface area contributed by atoms with E-state index in [0.29, 0.717) is 19.0 Å². The van der Waals surface area contributed by atoms with Gasteiger partial charge in [-0.2, -0.15) is 0 Å². The summed E-state index contributed by atoms with van der Waals surface area (Å²) in [6.07, 6.45) is 0.713. The van der Waals surface area contributed by atoms with Crippen LogP contribution in [0.5, 0.6) is 0 Å². The van der Waals surface area contributed by atoms with Gasteiger partial charge in [0.15, 0.2) is 0 Å². The Morgan fingerprint density at radius 3 is 2.79 bits per heavy atom. The number of hydrogen-bond acceptors (Lipinski definition) is 5. The van der Waals surface area contributed by atoms with Gasteiger partial charge in [0.05, 0.1) is 18.9 Å². The molecule has 0 aliphatic carbocycles. The molecule has 1 saturated heterocycles. The lowest BCUT2D eigenvalue weighted by Crippen LogP contribution is -2.53. The first kappa shape index (κ1) is 18.7. The lowest BCUT2D eigenvalue weighted by Gasteiger charge is -2.37. The predicted octanol–water partition coefficient (Wildman–Crippen LogP) is 1.63. The molecule has 1 fully saturated rings. The highest BCUT2D eigenvalue weighted by Gasteiger charge is 2.24. The molecule has 0 radical (unpaired) electrons. The Hall–Kier alpha value is -1.60. The number of rotatable bonds is 6. The number of urea groups is 1. The van der Waals surface area contributed by atoms with Gasteiger partial charge in [-0.1, -0.05) is 5.16 Å². The standard InChI is InChI=1S/C17H30N4O3/c1-11(8-16-14(4)20-24-15(16)5)19-17(22)18-9-12(2)21-6-7-23-10-13(21)3/h11-13H,6-10H2,1-5H3,(H2,18,19,22)/t11-,12-,13-/m0/s1. The van der Waals surface area contributed by atoms with E-state index in [0.717, 1.165) is 36.8 Å². The molecule has 0 unspecified atom stereocenters. The normalized spacial score (nSPS) is 21.3. The Bertz CT molecular complexity index is 526. The summed E-state index contributed by atoms with van der Waals surface area (Å²) in [6.45, 7) is 13.1. The van der Waals surface area contributed by atoms with Crippen molar-refractivity contribution in [3.05, 3.63) is 17.0 Å². The minimum atomic E-state index is -0.137. The van der Waals surface area contributed by atoms with Crippen LogP contribution in [0.15, 0.2) is 4.52 Å². The number of aryl methyl sites for hydroxylation is 2. The fourth-order valence-electron chi connectivity index (χ4n) is 3.18. The van der Waals surface area contributed by atoms with Crippen molar-refractivity contribution in [2.45, 2.75) is 59.2 Å². The molecule has 2 heterocycles. The number of hydrogen-bond donors (Lipinski definition) is 2. The van der Waals surface area contributed by atoms with E-state index in [4.69, 9.17) is 9.26 Å². The van der Waals surface area contributed by atoms with Crippen molar-refractivity contribution >= 4 is 6.03 Å². The SMILES string of the molecule is Cc1noc(C)c1C[C@H](C)NC(=O)NC[C@H](C)N1CCOC[C@@H]1C. The summed E-state index contributed by atoms with van der Waals surface area (Å²) in [5, 5.41) is 9.90. The summed E-state index contributed by atoms with van der Waals surface area (Å²) in [5.41, 5.74) is 1.95. The maximum atomic E-state index is 12.1. The van der Waals surface area contributed by atoms with Crippen molar-refractivity contribution in [2.75, 3.05) is 26.3 Å². The van der Waals surface area contributed by atoms with Crippen LogP contribution in [-0.4, -0.2) is 60.5 Å². The lowest BCUT2D eigenvalue weighted by atomic mass is 10.1. The molecule has 0 spiro atoms. The molecule has 1 aliphatic rings. The molecule has 2 rings (SSSR count). The fraction of sp³-hybridized carbons (Fsp3) is 0.765. The van der Waals surface area contributed by atoms with E-state index >= 15 is 0 Å². The van der Waals surface area contributed by atoms with Crippen LogP contribution in [-0.2, 0) is 11.2 Å².